The topological polar surface area (TPSA) is 59.4 Å². The number of ether oxygens (including phenoxy) is 1. The first-order valence-electron chi connectivity index (χ1n) is 3.95. The van der Waals surface area contributed by atoms with Crippen molar-refractivity contribution in [2.24, 2.45) is 0 Å². The lowest BCUT2D eigenvalue weighted by molar-refractivity contribution is 0.0520. The first-order valence-corrected chi connectivity index (χ1v) is 4.83. The molecule has 0 spiro atoms. The predicted molar refractivity (Wildman–Crippen MR) is 48.7 cm³/mol. The van der Waals surface area contributed by atoms with E-state index in [1.807, 2.05) is 0 Å². The van der Waals surface area contributed by atoms with Gasteiger partial charge in [-0.15, -0.1) is 11.3 Å². The molecule has 0 aliphatic carbocycles. The minimum absolute atomic E-state index is 0.266. The molecule has 0 saturated heterocycles. The van der Waals surface area contributed by atoms with Gasteiger partial charge in [-0.3, -0.25) is 0 Å². The molecule has 0 aliphatic heterocycles. The van der Waals surface area contributed by atoms with Crippen molar-refractivity contribution in [3.8, 4) is 0 Å². The third kappa shape index (κ3) is 2.50. The molecule has 0 fully saturated rings. The molecule has 0 amide bonds. The first-order chi connectivity index (χ1) is 6.15. The van der Waals surface area contributed by atoms with Gasteiger partial charge in [0.15, 0.2) is 5.69 Å². The van der Waals surface area contributed by atoms with E-state index < -0.39 is 12.1 Å². The minimum Gasteiger partial charge on any atom is -0.461 e. The van der Waals surface area contributed by atoms with Crippen LogP contribution in [0.25, 0.3) is 0 Å². The van der Waals surface area contributed by atoms with Crippen LogP contribution >= 0.6 is 11.3 Å². The van der Waals surface area contributed by atoms with Crippen LogP contribution in [0.2, 0.25) is 0 Å². The molecule has 5 heteroatoms. The summed E-state index contributed by atoms with van der Waals surface area (Å²) < 4.78 is 4.74. The van der Waals surface area contributed by atoms with Crippen molar-refractivity contribution < 1.29 is 14.6 Å². The van der Waals surface area contributed by atoms with Gasteiger partial charge in [-0.1, -0.05) is 0 Å². The lowest BCUT2D eigenvalue weighted by atomic mass is 10.4. The number of thiazole rings is 1. The highest BCUT2D eigenvalue weighted by Gasteiger charge is 2.13. The Kier molecular flexibility index (Phi) is 3.39. The number of hydrogen-bond donors (Lipinski definition) is 1. The lowest BCUT2D eigenvalue weighted by Crippen LogP contribution is -2.05. The molecule has 0 unspecified atom stereocenters. The van der Waals surface area contributed by atoms with Crippen molar-refractivity contribution in [1.82, 2.24) is 4.98 Å². The normalized spacial score (nSPS) is 12.5. The average molecular weight is 201 g/mol. The fourth-order valence-corrected chi connectivity index (χ4v) is 1.51. The number of esters is 1. The summed E-state index contributed by atoms with van der Waals surface area (Å²) in [6.07, 6.45) is -0.631. The van der Waals surface area contributed by atoms with E-state index in [0.717, 1.165) is 0 Å². The number of carbonyl (C=O) groups is 1. The van der Waals surface area contributed by atoms with Crippen LogP contribution in [0.15, 0.2) is 5.38 Å². The van der Waals surface area contributed by atoms with Gasteiger partial charge >= 0.3 is 5.97 Å². The van der Waals surface area contributed by atoms with Crippen LogP contribution in [0.5, 0.6) is 0 Å². The van der Waals surface area contributed by atoms with E-state index in [1.165, 1.54) is 11.3 Å². The Hall–Kier alpha value is -0.940. The van der Waals surface area contributed by atoms with Crippen LogP contribution in [0.3, 0.4) is 0 Å². The fourth-order valence-electron chi connectivity index (χ4n) is 0.778. The third-order valence-electron chi connectivity index (χ3n) is 1.36. The number of nitrogens with zero attached hydrogens (tertiary/aromatic N) is 1. The van der Waals surface area contributed by atoms with E-state index in [4.69, 9.17) is 9.84 Å². The van der Waals surface area contributed by atoms with Gasteiger partial charge in [0.25, 0.3) is 0 Å². The van der Waals surface area contributed by atoms with Crippen LogP contribution in [0.4, 0.5) is 0 Å². The van der Waals surface area contributed by atoms with Crippen LogP contribution in [0.1, 0.15) is 35.4 Å². The molecule has 0 radical (unpaired) electrons. The van der Waals surface area contributed by atoms with Gasteiger partial charge < -0.3 is 9.84 Å². The molecular weight excluding hydrogens is 190 g/mol. The SMILES string of the molecule is CCOC(=O)c1csc([C@H](C)O)n1. The largest absolute Gasteiger partial charge is 0.461 e. The number of hydrogen-bond acceptors (Lipinski definition) is 5. The van der Waals surface area contributed by atoms with Crippen LogP contribution < -0.4 is 0 Å². The molecule has 0 aromatic carbocycles. The zero-order chi connectivity index (χ0) is 9.84. The van der Waals surface area contributed by atoms with E-state index in [-0.39, 0.29) is 5.69 Å². The summed E-state index contributed by atoms with van der Waals surface area (Å²) >= 11 is 1.25. The molecule has 1 rings (SSSR count). The molecular formula is C8H11NO3S. The molecule has 1 atom stereocenters. The Balaban J connectivity index is 2.73. The standard InChI is InChI=1S/C8H11NO3S/c1-3-12-8(11)6-4-13-7(9-6)5(2)10/h4-5,10H,3H2,1-2H3/t5-/m0/s1. The highest BCUT2D eigenvalue weighted by atomic mass is 32.1. The van der Waals surface area contributed by atoms with E-state index in [0.29, 0.717) is 11.6 Å². The Morgan fingerprint density at radius 2 is 2.54 bits per heavy atom. The van der Waals surface area contributed by atoms with Crippen molar-refractivity contribution >= 4 is 17.3 Å². The highest BCUT2D eigenvalue weighted by molar-refractivity contribution is 7.09. The van der Waals surface area contributed by atoms with Crippen molar-refractivity contribution in [2.75, 3.05) is 6.61 Å². The number of carbonyl (C=O) groups excluding carboxylic acids is 1. The molecule has 72 valence electrons. The van der Waals surface area contributed by atoms with E-state index in [2.05, 4.69) is 4.98 Å². The molecule has 4 nitrogen and oxygen atoms in total. The van der Waals surface area contributed by atoms with Crippen molar-refractivity contribution in [2.45, 2.75) is 20.0 Å². The van der Waals surface area contributed by atoms with Gasteiger partial charge in [0.1, 0.15) is 11.1 Å². The smallest absolute Gasteiger partial charge is 0.357 e. The summed E-state index contributed by atoms with van der Waals surface area (Å²) in [5, 5.41) is 11.3. The maximum Gasteiger partial charge on any atom is 0.357 e. The van der Waals surface area contributed by atoms with Gasteiger partial charge in [0.2, 0.25) is 0 Å². The molecule has 1 aromatic rings. The molecule has 1 heterocycles. The maximum absolute atomic E-state index is 11.1. The summed E-state index contributed by atoms with van der Waals surface area (Å²) in [6, 6.07) is 0. The van der Waals surface area contributed by atoms with Gasteiger partial charge in [-0.25, -0.2) is 9.78 Å². The number of rotatable bonds is 3. The third-order valence-corrected chi connectivity index (χ3v) is 2.38. The molecule has 0 bridgehead atoms. The van der Waals surface area contributed by atoms with Gasteiger partial charge in [-0.05, 0) is 13.8 Å². The van der Waals surface area contributed by atoms with Gasteiger partial charge in [0.05, 0.1) is 6.61 Å². The van der Waals surface area contributed by atoms with Gasteiger partial charge in [-0.2, -0.15) is 0 Å². The van der Waals surface area contributed by atoms with Crippen molar-refractivity contribution in [1.29, 1.82) is 0 Å². The minimum atomic E-state index is -0.631. The Morgan fingerprint density at radius 1 is 1.85 bits per heavy atom. The Labute approximate surface area is 80.2 Å². The summed E-state index contributed by atoms with van der Waals surface area (Å²) in [5.74, 6) is -0.439. The fraction of sp³-hybridized carbons (Fsp3) is 0.500. The zero-order valence-electron chi connectivity index (χ0n) is 7.48. The number of aromatic nitrogens is 1. The molecule has 0 aliphatic rings. The molecule has 13 heavy (non-hydrogen) atoms. The highest BCUT2D eigenvalue weighted by Crippen LogP contribution is 2.17. The second kappa shape index (κ2) is 4.34. The van der Waals surface area contributed by atoms with Crippen LogP contribution in [-0.2, 0) is 4.74 Å². The van der Waals surface area contributed by atoms with Crippen molar-refractivity contribution in [3.63, 3.8) is 0 Å². The van der Waals surface area contributed by atoms with Crippen LogP contribution in [-0.4, -0.2) is 22.7 Å². The summed E-state index contributed by atoms with van der Waals surface area (Å²) in [5.41, 5.74) is 0.266. The summed E-state index contributed by atoms with van der Waals surface area (Å²) in [6.45, 7) is 3.67. The van der Waals surface area contributed by atoms with E-state index in [1.54, 1.807) is 19.2 Å². The number of aliphatic hydroxyl groups is 1. The molecule has 1 aromatic heterocycles. The van der Waals surface area contributed by atoms with E-state index >= 15 is 0 Å². The Bertz CT molecular complexity index is 295. The van der Waals surface area contributed by atoms with Gasteiger partial charge in [0, 0.05) is 5.38 Å². The Morgan fingerprint density at radius 3 is 3.00 bits per heavy atom. The monoisotopic (exact) mass is 201 g/mol. The molecule has 1 N–H and O–H groups in total. The summed E-state index contributed by atoms with van der Waals surface area (Å²) in [7, 11) is 0. The van der Waals surface area contributed by atoms with Crippen LogP contribution in [0, 0.1) is 0 Å². The second-order valence-electron chi connectivity index (χ2n) is 2.47. The average Bonchev–Trinajstić information content (AvgIpc) is 2.52. The predicted octanol–water partition coefficient (Wildman–Crippen LogP) is 1.37. The quantitative estimate of drug-likeness (QED) is 0.750. The number of aliphatic hydroxyl groups excluding tert-OH is 1. The van der Waals surface area contributed by atoms with E-state index in [9.17, 15) is 4.79 Å². The zero-order valence-corrected chi connectivity index (χ0v) is 8.30. The first kappa shape index (κ1) is 10.1. The van der Waals surface area contributed by atoms with Crippen molar-refractivity contribution in [3.05, 3.63) is 16.1 Å². The lowest BCUT2D eigenvalue weighted by Gasteiger charge is -1.97. The maximum atomic E-state index is 11.1. The summed E-state index contributed by atoms with van der Waals surface area (Å²) in [4.78, 5) is 15.0. The second-order valence-corrected chi connectivity index (χ2v) is 3.36. The molecule has 0 saturated carbocycles.